The van der Waals surface area contributed by atoms with Gasteiger partial charge in [-0.25, -0.2) is 9.98 Å². The maximum Gasteiger partial charge on any atom is 0.175 e. The molecule has 3 heterocycles. The molecule has 5 heteroatoms. The first-order valence-electron chi connectivity index (χ1n) is 4.18. The van der Waals surface area contributed by atoms with Gasteiger partial charge in [0.05, 0.1) is 6.20 Å². The standard InChI is InChI=1S/C9H5N5/c10-3-7-5-13-14-8-6(1-2-11-8)4-12-9(7)14/h2,4-5H,1H2. The van der Waals surface area contributed by atoms with E-state index in [4.69, 9.17) is 5.26 Å². The van der Waals surface area contributed by atoms with Gasteiger partial charge in [0.25, 0.3) is 0 Å². The van der Waals surface area contributed by atoms with Crippen molar-refractivity contribution in [1.82, 2.24) is 14.6 Å². The number of hydrogen-bond donors (Lipinski definition) is 0. The molecular weight excluding hydrogens is 178 g/mol. The minimum absolute atomic E-state index is 0.481. The Morgan fingerprint density at radius 2 is 2.36 bits per heavy atom. The molecule has 0 radical (unpaired) electrons. The Bertz CT molecular complexity index is 587. The molecule has 1 aliphatic heterocycles. The molecular formula is C9H5N5. The van der Waals surface area contributed by atoms with Crippen LogP contribution in [0.1, 0.15) is 11.1 Å². The predicted molar refractivity (Wildman–Crippen MR) is 49.6 cm³/mol. The van der Waals surface area contributed by atoms with Gasteiger partial charge in [0.1, 0.15) is 11.6 Å². The highest BCUT2D eigenvalue weighted by Crippen LogP contribution is 2.24. The van der Waals surface area contributed by atoms with Gasteiger partial charge in [0.2, 0.25) is 0 Å². The van der Waals surface area contributed by atoms with Crippen LogP contribution in [0.15, 0.2) is 17.4 Å². The molecule has 3 rings (SSSR count). The maximum absolute atomic E-state index is 8.79. The zero-order chi connectivity index (χ0) is 9.54. The highest BCUT2D eigenvalue weighted by molar-refractivity contribution is 5.75. The van der Waals surface area contributed by atoms with Crippen molar-refractivity contribution in [3.05, 3.63) is 23.5 Å². The lowest BCUT2D eigenvalue weighted by molar-refractivity contribution is 0.932. The third kappa shape index (κ3) is 0.746. The summed E-state index contributed by atoms with van der Waals surface area (Å²) in [5, 5.41) is 12.9. The number of nitriles is 1. The van der Waals surface area contributed by atoms with Gasteiger partial charge in [-0.05, 0) is 0 Å². The SMILES string of the molecule is N#Cc1cnn2c3c(cnc12)CC=N3. The van der Waals surface area contributed by atoms with E-state index in [-0.39, 0.29) is 0 Å². The molecule has 2 aromatic rings. The van der Waals surface area contributed by atoms with Crippen LogP contribution in [-0.2, 0) is 6.42 Å². The summed E-state index contributed by atoms with van der Waals surface area (Å²) >= 11 is 0. The van der Waals surface area contributed by atoms with Gasteiger partial charge < -0.3 is 0 Å². The van der Waals surface area contributed by atoms with Crippen LogP contribution in [0.2, 0.25) is 0 Å². The highest BCUT2D eigenvalue weighted by atomic mass is 15.3. The largest absolute Gasteiger partial charge is 0.241 e. The molecule has 0 spiro atoms. The van der Waals surface area contributed by atoms with Crippen LogP contribution in [-0.4, -0.2) is 20.8 Å². The van der Waals surface area contributed by atoms with E-state index in [2.05, 4.69) is 15.1 Å². The summed E-state index contributed by atoms with van der Waals surface area (Å²) in [5.41, 5.74) is 2.10. The van der Waals surface area contributed by atoms with E-state index in [0.29, 0.717) is 11.2 Å². The number of hydrogen-bond acceptors (Lipinski definition) is 4. The molecule has 0 atom stereocenters. The van der Waals surface area contributed by atoms with Crippen molar-refractivity contribution in [3.63, 3.8) is 0 Å². The fraction of sp³-hybridized carbons (Fsp3) is 0.111. The Balaban J connectivity index is 2.47. The molecule has 0 saturated carbocycles. The average Bonchev–Trinajstić information content (AvgIpc) is 2.82. The third-order valence-electron chi connectivity index (χ3n) is 2.22. The van der Waals surface area contributed by atoms with Crippen LogP contribution < -0.4 is 0 Å². The van der Waals surface area contributed by atoms with Crippen molar-refractivity contribution in [1.29, 1.82) is 5.26 Å². The molecule has 2 aromatic heterocycles. The molecule has 0 bridgehead atoms. The van der Waals surface area contributed by atoms with Crippen molar-refractivity contribution >= 4 is 17.7 Å². The minimum atomic E-state index is 0.481. The molecule has 0 fully saturated rings. The zero-order valence-electron chi connectivity index (χ0n) is 7.18. The van der Waals surface area contributed by atoms with Crippen LogP contribution in [0.5, 0.6) is 0 Å². The fourth-order valence-electron chi connectivity index (χ4n) is 1.54. The monoisotopic (exact) mass is 183 g/mol. The number of aliphatic imine (C=N–C) groups is 1. The smallest absolute Gasteiger partial charge is 0.175 e. The number of nitrogens with zero attached hydrogens (tertiary/aromatic N) is 5. The number of rotatable bonds is 0. The molecule has 14 heavy (non-hydrogen) atoms. The van der Waals surface area contributed by atoms with Gasteiger partial charge in [-0.3, -0.25) is 0 Å². The number of aromatic nitrogens is 3. The van der Waals surface area contributed by atoms with Crippen molar-refractivity contribution in [3.8, 4) is 6.07 Å². The molecule has 0 aromatic carbocycles. The molecule has 0 unspecified atom stereocenters. The second-order valence-electron chi connectivity index (χ2n) is 3.03. The summed E-state index contributed by atoms with van der Waals surface area (Å²) in [6.45, 7) is 0. The normalized spacial score (nSPS) is 13.1. The van der Waals surface area contributed by atoms with E-state index < -0.39 is 0 Å². The Kier molecular flexibility index (Phi) is 1.23. The lowest BCUT2D eigenvalue weighted by atomic mass is 10.3. The fourth-order valence-corrected chi connectivity index (χ4v) is 1.54. The predicted octanol–water partition coefficient (Wildman–Crippen LogP) is 0.859. The first kappa shape index (κ1) is 7.21. The summed E-state index contributed by atoms with van der Waals surface area (Å²) in [5.74, 6) is 0.788. The quantitative estimate of drug-likeness (QED) is 0.608. The van der Waals surface area contributed by atoms with Gasteiger partial charge >= 0.3 is 0 Å². The Hall–Kier alpha value is -2.22. The molecule has 0 amide bonds. The van der Waals surface area contributed by atoms with Crippen molar-refractivity contribution in [2.24, 2.45) is 4.99 Å². The lowest BCUT2D eigenvalue weighted by Gasteiger charge is -1.98. The first-order chi connectivity index (χ1) is 6.90. The van der Waals surface area contributed by atoms with Crippen LogP contribution in [0, 0.1) is 11.3 Å². The van der Waals surface area contributed by atoms with E-state index >= 15 is 0 Å². The van der Waals surface area contributed by atoms with E-state index in [1.165, 1.54) is 6.20 Å². The van der Waals surface area contributed by atoms with Gasteiger partial charge in [0.15, 0.2) is 11.5 Å². The Morgan fingerprint density at radius 3 is 3.21 bits per heavy atom. The van der Waals surface area contributed by atoms with Gasteiger partial charge in [-0.2, -0.15) is 14.9 Å². The van der Waals surface area contributed by atoms with Crippen molar-refractivity contribution < 1.29 is 0 Å². The molecule has 0 saturated heterocycles. The Labute approximate surface area is 79.3 Å². The van der Waals surface area contributed by atoms with Crippen molar-refractivity contribution in [2.75, 3.05) is 0 Å². The van der Waals surface area contributed by atoms with E-state index in [1.807, 2.05) is 12.3 Å². The molecule has 66 valence electrons. The average molecular weight is 183 g/mol. The van der Waals surface area contributed by atoms with Gasteiger partial charge in [-0.15, -0.1) is 0 Å². The number of fused-ring (bicyclic) bond motifs is 3. The minimum Gasteiger partial charge on any atom is -0.241 e. The maximum atomic E-state index is 8.79. The zero-order valence-corrected chi connectivity index (χ0v) is 7.18. The van der Waals surface area contributed by atoms with E-state index in [0.717, 1.165) is 17.8 Å². The van der Waals surface area contributed by atoms with Crippen LogP contribution in [0.4, 0.5) is 5.82 Å². The summed E-state index contributed by atoms with van der Waals surface area (Å²) in [4.78, 5) is 8.38. The van der Waals surface area contributed by atoms with Gasteiger partial charge in [0, 0.05) is 24.4 Å². The second kappa shape index (κ2) is 2.39. The molecule has 0 aliphatic carbocycles. The first-order valence-corrected chi connectivity index (χ1v) is 4.18. The highest BCUT2D eigenvalue weighted by Gasteiger charge is 2.14. The third-order valence-corrected chi connectivity index (χ3v) is 2.22. The van der Waals surface area contributed by atoms with Crippen molar-refractivity contribution in [2.45, 2.75) is 6.42 Å². The summed E-state index contributed by atoms with van der Waals surface area (Å²) in [6.07, 6.45) is 5.87. The summed E-state index contributed by atoms with van der Waals surface area (Å²) < 4.78 is 1.61. The molecule has 1 aliphatic rings. The van der Waals surface area contributed by atoms with Crippen LogP contribution >= 0.6 is 0 Å². The van der Waals surface area contributed by atoms with E-state index in [9.17, 15) is 0 Å². The lowest BCUT2D eigenvalue weighted by Crippen LogP contribution is -1.93. The molecule has 0 N–H and O–H groups in total. The van der Waals surface area contributed by atoms with Crippen LogP contribution in [0.3, 0.4) is 0 Å². The van der Waals surface area contributed by atoms with E-state index in [1.54, 1.807) is 10.7 Å². The summed E-state index contributed by atoms with van der Waals surface area (Å²) in [6, 6.07) is 2.04. The van der Waals surface area contributed by atoms with Gasteiger partial charge in [-0.1, -0.05) is 0 Å². The Morgan fingerprint density at radius 1 is 1.43 bits per heavy atom. The van der Waals surface area contributed by atoms with Crippen LogP contribution in [0.25, 0.3) is 5.65 Å². The second-order valence-corrected chi connectivity index (χ2v) is 3.03. The topological polar surface area (TPSA) is 66.3 Å². The summed E-state index contributed by atoms with van der Waals surface area (Å²) in [7, 11) is 0. The molecule has 5 nitrogen and oxygen atoms in total.